The van der Waals surface area contributed by atoms with Crippen molar-refractivity contribution in [2.24, 2.45) is 0 Å². The zero-order valence-corrected chi connectivity index (χ0v) is 12.9. The Morgan fingerprint density at radius 2 is 1.81 bits per heavy atom. The van der Waals surface area contributed by atoms with Gasteiger partial charge in [-0.2, -0.15) is 0 Å². The Bertz CT molecular complexity index is 561. The Morgan fingerprint density at radius 3 is 2.57 bits per heavy atom. The monoisotopic (exact) mass is 279 g/mol. The number of hydrogen-bond donors (Lipinski definition) is 1. The molecular formula is C20H25N. The molecule has 2 aromatic carbocycles. The van der Waals surface area contributed by atoms with E-state index >= 15 is 0 Å². The lowest BCUT2D eigenvalue weighted by Crippen LogP contribution is -2.33. The van der Waals surface area contributed by atoms with Crippen LogP contribution >= 0.6 is 0 Å². The Kier molecular flexibility index (Phi) is 4.72. The highest BCUT2D eigenvalue weighted by molar-refractivity contribution is 5.39. The number of benzene rings is 2. The maximum Gasteiger partial charge on any atom is 0.00760 e. The molecule has 0 aliphatic heterocycles. The molecule has 2 unspecified atom stereocenters. The third kappa shape index (κ3) is 3.54. The molecule has 0 spiro atoms. The largest absolute Gasteiger partial charge is 0.314 e. The summed E-state index contributed by atoms with van der Waals surface area (Å²) in [5.41, 5.74) is 4.59. The van der Waals surface area contributed by atoms with Gasteiger partial charge in [0.15, 0.2) is 0 Å². The summed E-state index contributed by atoms with van der Waals surface area (Å²) in [7, 11) is 0. The van der Waals surface area contributed by atoms with Crippen molar-refractivity contribution in [2.45, 2.75) is 44.6 Å². The van der Waals surface area contributed by atoms with E-state index in [-0.39, 0.29) is 0 Å². The van der Waals surface area contributed by atoms with Crippen LogP contribution in [0.4, 0.5) is 0 Å². The summed E-state index contributed by atoms with van der Waals surface area (Å²) in [6.07, 6.45) is 4.95. The molecule has 21 heavy (non-hydrogen) atoms. The fraction of sp³-hybridized carbons (Fsp3) is 0.400. The molecule has 0 saturated carbocycles. The second-order valence-electron chi connectivity index (χ2n) is 6.11. The van der Waals surface area contributed by atoms with Crippen molar-refractivity contribution >= 4 is 0 Å². The molecule has 1 N–H and O–H groups in total. The lowest BCUT2D eigenvalue weighted by atomic mass is 9.74. The van der Waals surface area contributed by atoms with Crippen LogP contribution in [0.5, 0.6) is 0 Å². The first-order valence-corrected chi connectivity index (χ1v) is 8.22. The van der Waals surface area contributed by atoms with Crippen LogP contribution in [-0.4, -0.2) is 12.6 Å². The van der Waals surface area contributed by atoms with E-state index in [0.717, 1.165) is 12.5 Å². The highest BCUT2D eigenvalue weighted by Crippen LogP contribution is 2.38. The van der Waals surface area contributed by atoms with E-state index in [4.69, 9.17) is 0 Å². The Balaban J connectivity index is 1.56. The third-order valence-corrected chi connectivity index (χ3v) is 4.65. The second kappa shape index (κ2) is 6.91. The maximum atomic E-state index is 3.68. The van der Waals surface area contributed by atoms with E-state index in [0.29, 0.717) is 6.04 Å². The van der Waals surface area contributed by atoms with Gasteiger partial charge in [-0.3, -0.25) is 0 Å². The van der Waals surface area contributed by atoms with Crippen LogP contribution < -0.4 is 5.32 Å². The molecule has 0 aromatic heterocycles. The summed E-state index contributed by atoms with van der Waals surface area (Å²) >= 11 is 0. The SMILES string of the molecule is CCNC(CCc1ccccc1)CC1Cc2ccccc21. The van der Waals surface area contributed by atoms with Gasteiger partial charge in [-0.25, -0.2) is 0 Å². The van der Waals surface area contributed by atoms with Crippen molar-refractivity contribution in [1.82, 2.24) is 5.32 Å². The van der Waals surface area contributed by atoms with E-state index < -0.39 is 0 Å². The van der Waals surface area contributed by atoms with Gasteiger partial charge >= 0.3 is 0 Å². The number of aryl methyl sites for hydroxylation is 1. The lowest BCUT2D eigenvalue weighted by molar-refractivity contribution is 0.405. The van der Waals surface area contributed by atoms with Gasteiger partial charge in [0.25, 0.3) is 0 Å². The average molecular weight is 279 g/mol. The average Bonchev–Trinajstić information content (AvgIpc) is 2.51. The van der Waals surface area contributed by atoms with Crippen molar-refractivity contribution in [3.05, 3.63) is 71.3 Å². The van der Waals surface area contributed by atoms with Crippen LogP contribution in [0.1, 0.15) is 42.4 Å². The first kappa shape index (κ1) is 14.3. The predicted octanol–water partition coefficient (Wildman–Crippen LogP) is 4.33. The molecule has 0 radical (unpaired) electrons. The van der Waals surface area contributed by atoms with Crippen molar-refractivity contribution < 1.29 is 0 Å². The molecule has 1 heteroatoms. The highest BCUT2D eigenvalue weighted by Gasteiger charge is 2.27. The van der Waals surface area contributed by atoms with Crippen molar-refractivity contribution in [3.63, 3.8) is 0 Å². The summed E-state index contributed by atoms with van der Waals surface area (Å²) in [5, 5.41) is 3.68. The van der Waals surface area contributed by atoms with Crippen LogP contribution in [-0.2, 0) is 12.8 Å². The molecule has 2 atom stereocenters. The summed E-state index contributed by atoms with van der Waals surface area (Å²) in [6.45, 7) is 3.28. The molecule has 3 rings (SSSR count). The van der Waals surface area contributed by atoms with Gasteiger partial charge in [0.05, 0.1) is 0 Å². The predicted molar refractivity (Wildman–Crippen MR) is 89.7 cm³/mol. The second-order valence-corrected chi connectivity index (χ2v) is 6.11. The first-order valence-electron chi connectivity index (χ1n) is 8.22. The summed E-state index contributed by atoms with van der Waals surface area (Å²) in [4.78, 5) is 0. The molecule has 1 aliphatic rings. The Labute approximate surface area is 128 Å². The van der Waals surface area contributed by atoms with E-state index in [1.54, 1.807) is 11.1 Å². The molecule has 0 fully saturated rings. The van der Waals surface area contributed by atoms with Gasteiger partial charge in [-0.15, -0.1) is 0 Å². The summed E-state index contributed by atoms with van der Waals surface area (Å²) in [5.74, 6) is 0.765. The van der Waals surface area contributed by atoms with Gasteiger partial charge in [0, 0.05) is 6.04 Å². The van der Waals surface area contributed by atoms with Crippen LogP contribution in [0, 0.1) is 0 Å². The molecule has 0 amide bonds. The number of nitrogens with one attached hydrogen (secondary N) is 1. The molecule has 0 heterocycles. The normalized spacial score (nSPS) is 17.9. The van der Waals surface area contributed by atoms with Crippen LogP contribution in [0.3, 0.4) is 0 Å². The number of fused-ring (bicyclic) bond motifs is 1. The quantitative estimate of drug-likeness (QED) is 0.795. The van der Waals surface area contributed by atoms with E-state index in [2.05, 4.69) is 66.8 Å². The van der Waals surface area contributed by atoms with Gasteiger partial charge in [-0.05, 0) is 54.8 Å². The fourth-order valence-electron chi connectivity index (χ4n) is 3.49. The molecule has 0 bridgehead atoms. The van der Waals surface area contributed by atoms with Crippen LogP contribution in [0.15, 0.2) is 54.6 Å². The minimum absolute atomic E-state index is 0.633. The maximum absolute atomic E-state index is 3.68. The van der Waals surface area contributed by atoms with Crippen molar-refractivity contribution in [3.8, 4) is 0 Å². The lowest BCUT2D eigenvalue weighted by Gasteiger charge is -2.33. The summed E-state index contributed by atoms with van der Waals surface area (Å²) < 4.78 is 0. The van der Waals surface area contributed by atoms with Crippen LogP contribution in [0.2, 0.25) is 0 Å². The highest BCUT2D eigenvalue weighted by atomic mass is 14.9. The number of hydrogen-bond acceptors (Lipinski definition) is 1. The molecule has 2 aromatic rings. The van der Waals surface area contributed by atoms with E-state index in [9.17, 15) is 0 Å². The van der Waals surface area contributed by atoms with Gasteiger partial charge in [0.2, 0.25) is 0 Å². The smallest absolute Gasteiger partial charge is 0.00760 e. The van der Waals surface area contributed by atoms with E-state index in [1.165, 1.54) is 31.2 Å². The first-order chi connectivity index (χ1) is 10.4. The number of rotatable bonds is 7. The summed E-state index contributed by atoms with van der Waals surface area (Å²) in [6, 6.07) is 20.4. The van der Waals surface area contributed by atoms with Gasteiger partial charge in [0.1, 0.15) is 0 Å². The fourth-order valence-corrected chi connectivity index (χ4v) is 3.49. The topological polar surface area (TPSA) is 12.0 Å². The standard InChI is InChI=1S/C20H25N/c1-2-21-19(13-12-16-8-4-3-5-9-16)15-18-14-17-10-6-7-11-20(17)18/h3-11,18-19,21H,2,12-15H2,1H3. The van der Waals surface area contributed by atoms with Crippen LogP contribution in [0.25, 0.3) is 0 Å². The third-order valence-electron chi connectivity index (χ3n) is 4.65. The zero-order valence-electron chi connectivity index (χ0n) is 12.9. The Morgan fingerprint density at radius 1 is 1.05 bits per heavy atom. The molecule has 1 nitrogen and oxygen atoms in total. The molecule has 1 aliphatic carbocycles. The molecule has 0 saturated heterocycles. The van der Waals surface area contributed by atoms with Gasteiger partial charge in [-0.1, -0.05) is 61.5 Å². The molecule has 110 valence electrons. The van der Waals surface area contributed by atoms with E-state index in [1.807, 2.05) is 0 Å². The minimum atomic E-state index is 0.633. The minimum Gasteiger partial charge on any atom is -0.314 e. The molecular weight excluding hydrogens is 254 g/mol. The van der Waals surface area contributed by atoms with Crippen molar-refractivity contribution in [1.29, 1.82) is 0 Å². The Hall–Kier alpha value is -1.60. The van der Waals surface area contributed by atoms with Crippen molar-refractivity contribution in [2.75, 3.05) is 6.54 Å². The van der Waals surface area contributed by atoms with Gasteiger partial charge < -0.3 is 5.32 Å². The zero-order chi connectivity index (χ0) is 14.5.